The maximum atomic E-state index is 13.7. The first-order valence-corrected chi connectivity index (χ1v) is 7.57. The van der Waals surface area contributed by atoms with E-state index < -0.39 is 0 Å². The summed E-state index contributed by atoms with van der Waals surface area (Å²) in [5, 5.41) is 3.47. The van der Waals surface area contributed by atoms with Gasteiger partial charge in [0.1, 0.15) is 5.82 Å². The van der Waals surface area contributed by atoms with Gasteiger partial charge in [0.05, 0.1) is 4.47 Å². The predicted octanol–water partition coefficient (Wildman–Crippen LogP) is 4.27. The number of rotatable bonds is 6. The summed E-state index contributed by atoms with van der Waals surface area (Å²) >= 11 is 3.19. The summed E-state index contributed by atoms with van der Waals surface area (Å²) in [5.41, 5.74) is 2.10. The van der Waals surface area contributed by atoms with Crippen LogP contribution in [0.5, 0.6) is 0 Å². The standard InChI is InChI=1S/C16H18BrFN2/c1-2-7-20-16(9-12-4-3-8-19-11-12)13-5-6-14(17)15(18)10-13/h3-6,8,10-11,16,20H,2,7,9H2,1H3. The molecule has 20 heavy (non-hydrogen) atoms. The van der Waals surface area contributed by atoms with Crippen molar-refractivity contribution in [2.45, 2.75) is 25.8 Å². The third-order valence-corrected chi connectivity index (χ3v) is 3.79. The molecule has 0 saturated heterocycles. The minimum absolute atomic E-state index is 0.0988. The number of pyridine rings is 1. The Kier molecular flexibility index (Phi) is 5.68. The first kappa shape index (κ1) is 15.1. The number of hydrogen-bond acceptors (Lipinski definition) is 2. The van der Waals surface area contributed by atoms with Gasteiger partial charge in [-0.05, 0) is 64.6 Å². The Labute approximate surface area is 127 Å². The minimum atomic E-state index is -0.225. The SMILES string of the molecule is CCCNC(Cc1cccnc1)c1ccc(Br)c(F)c1. The van der Waals surface area contributed by atoms with Crippen LogP contribution in [0.1, 0.15) is 30.5 Å². The highest BCUT2D eigenvalue weighted by Gasteiger charge is 2.13. The van der Waals surface area contributed by atoms with E-state index in [-0.39, 0.29) is 11.9 Å². The molecule has 1 atom stereocenters. The van der Waals surface area contributed by atoms with Crippen molar-refractivity contribution in [3.05, 3.63) is 64.1 Å². The van der Waals surface area contributed by atoms with E-state index in [1.165, 1.54) is 0 Å². The molecular formula is C16H18BrFN2. The van der Waals surface area contributed by atoms with Gasteiger partial charge in [-0.2, -0.15) is 0 Å². The number of nitrogens with one attached hydrogen (secondary N) is 1. The second-order valence-electron chi connectivity index (χ2n) is 4.75. The predicted molar refractivity (Wildman–Crippen MR) is 83.1 cm³/mol. The molecule has 2 nitrogen and oxygen atoms in total. The van der Waals surface area contributed by atoms with E-state index in [9.17, 15) is 4.39 Å². The molecule has 106 valence electrons. The van der Waals surface area contributed by atoms with Gasteiger partial charge < -0.3 is 5.32 Å². The molecule has 2 rings (SSSR count). The van der Waals surface area contributed by atoms with Crippen LogP contribution in [0, 0.1) is 5.82 Å². The molecule has 0 fully saturated rings. The van der Waals surface area contributed by atoms with Crippen molar-refractivity contribution in [3.63, 3.8) is 0 Å². The molecule has 1 heterocycles. The Morgan fingerprint density at radius 1 is 1.35 bits per heavy atom. The normalized spacial score (nSPS) is 12.3. The average molecular weight is 337 g/mol. The summed E-state index contributed by atoms with van der Waals surface area (Å²) in [7, 11) is 0. The van der Waals surface area contributed by atoms with Crippen molar-refractivity contribution in [2.75, 3.05) is 6.54 Å². The maximum Gasteiger partial charge on any atom is 0.137 e. The highest BCUT2D eigenvalue weighted by molar-refractivity contribution is 9.10. The van der Waals surface area contributed by atoms with E-state index in [2.05, 4.69) is 33.2 Å². The van der Waals surface area contributed by atoms with Crippen LogP contribution >= 0.6 is 15.9 Å². The smallest absolute Gasteiger partial charge is 0.137 e. The van der Waals surface area contributed by atoms with Crippen LogP contribution in [-0.2, 0) is 6.42 Å². The largest absolute Gasteiger partial charge is 0.310 e. The summed E-state index contributed by atoms with van der Waals surface area (Å²) in [5.74, 6) is -0.225. The van der Waals surface area contributed by atoms with Gasteiger partial charge in [-0.15, -0.1) is 0 Å². The molecule has 1 N–H and O–H groups in total. The van der Waals surface area contributed by atoms with Gasteiger partial charge in [0.2, 0.25) is 0 Å². The molecule has 0 spiro atoms. The van der Waals surface area contributed by atoms with E-state index in [0.717, 1.165) is 30.5 Å². The van der Waals surface area contributed by atoms with Gasteiger partial charge in [-0.1, -0.05) is 19.1 Å². The molecule has 0 radical (unpaired) electrons. The fraction of sp³-hybridized carbons (Fsp3) is 0.312. The molecule has 0 aliphatic heterocycles. The van der Waals surface area contributed by atoms with E-state index in [1.807, 2.05) is 24.4 Å². The fourth-order valence-electron chi connectivity index (χ4n) is 2.11. The van der Waals surface area contributed by atoms with E-state index in [1.54, 1.807) is 18.3 Å². The number of benzene rings is 1. The topological polar surface area (TPSA) is 24.9 Å². The highest BCUT2D eigenvalue weighted by Crippen LogP contribution is 2.23. The van der Waals surface area contributed by atoms with Crippen molar-refractivity contribution in [1.29, 1.82) is 0 Å². The molecule has 1 aromatic heterocycles. The summed E-state index contributed by atoms with van der Waals surface area (Å²) in [6.07, 6.45) is 5.46. The molecule has 2 aromatic rings. The zero-order valence-corrected chi connectivity index (χ0v) is 13.0. The second-order valence-corrected chi connectivity index (χ2v) is 5.60. The summed E-state index contributed by atoms with van der Waals surface area (Å²) in [6, 6.07) is 9.37. The maximum absolute atomic E-state index is 13.7. The molecule has 0 bridgehead atoms. The van der Waals surface area contributed by atoms with Crippen molar-refractivity contribution in [1.82, 2.24) is 10.3 Å². The van der Waals surface area contributed by atoms with Crippen LogP contribution < -0.4 is 5.32 Å². The van der Waals surface area contributed by atoms with Crippen LogP contribution in [0.15, 0.2) is 47.2 Å². The van der Waals surface area contributed by atoms with Gasteiger partial charge in [0.15, 0.2) is 0 Å². The minimum Gasteiger partial charge on any atom is -0.310 e. The van der Waals surface area contributed by atoms with E-state index >= 15 is 0 Å². The summed E-state index contributed by atoms with van der Waals surface area (Å²) in [4.78, 5) is 4.13. The summed E-state index contributed by atoms with van der Waals surface area (Å²) < 4.78 is 14.2. The first-order chi connectivity index (χ1) is 9.70. The fourth-order valence-corrected chi connectivity index (χ4v) is 2.36. The highest BCUT2D eigenvalue weighted by atomic mass is 79.9. The average Bonchev–Trinajstić information content (AvgIpc) is 2.47. The molecule has 1 aromatic carbocycles. The van der Waals surface area contributed by atoms with E-state index in [4.69, 9.17) is 0 Å². The number of halogens is 2. The van der Waals surface area contributed by atoms with Gasteiger partial charge >= 0.3 is 0 Å². The van der Waals surface area contributed by atoms with Gasteiger partial charge in [0.25, 0.3) is 0 Å². The van der Waals surface area contributed by atoms with Gasteiger partial charge in [-0.3, -0.25) is 4.98 Å². The Morgan fingerprint density at radius 2 is 2.20 bits per heavy atom. The quantitative estimate of drug-likeness (QED) is 0.852. The molecule has 0 aliphatic rings. The van der Waals surface area contributed by atoms with E-state index in [0.29, 0.717) is 4.47 Å². The third-order valence-electron chi connectivity index (χ3n) is 3.15. The van der Waals surface area contributed by atoms with Crippen molar-refractivity contribution in [3.8, 4) is 0 Å². The molecule has 0 aliphatic carbocycles. The molecule has 4 heteroatoms. The lowest BCUT2D eigenvalue weighted by Crippen LogP contribution is -2.24. The lowest BCUT2D eigenvalue weighted by Gasteiger charge is -2.19. The van der Waals surface area contributed by atoms with Crippen LogP contribution in [-0.4, -0.2) is 11.5 Å². The second kappa shape index (κ2) is 7.50. The van der Waals surface area contributed by atoms with Crippen LogP contribution in [0.25, 0.3) is 0 Å². The molecule has 1 unspecified atom stereocenters. The van der Waals surface area contributed by atoms with Gasteiger partial charge in [-0.25, -0.2) is 4.39 Å². The van der Waals surface area contributed by atoms with Crippen LogP contribution in [0.4, 0.5) is 4.39 Å². The Bertz CT molecular complexity index is 545. The lowest BCUT2D eigenvalue weighted by molar-refractivity contribution is 0.523. The third kappa shape index (κ3) is 4.12. The Morgan fingerprint density at radius 3 is 2.85 bits per heavy atom. The Balaban J connectivity index is 2.20. The molecule has 0 amide bonds. The van der Waals surface area contributed by atoms with Crippen LogP contribution in [0.2, 0.25) is 0 Å². The number of nitrogens with zero attached hydrogens (tertiary/aromatic N) is 1. The van der Waals surface area contributed by atoms with Crippen molar-refractivity contribution >= 4 is 15.9 Å². The van der Waals surface area contributed by atoms with Crippen LogP contribution in [0.3, 0.4) is 0 Å². The van der Waals surface area contributed by atoms with Gasteiger partial charge in [0, 0.05) is 18.4 Å². The lowest BCUT2D eigenvalue weighted by atomic mass is 9.99. The van der Waals surface area contributed by atoms with Crippen molar-refractivity contribution < 1.29 is 4.39 Å². The zero-order valence-electron chi connectivity index (χ0n) is 11.4. The van der Waals surface area contributed by atoms with Crippen molar-refractivity contribution in [2.24, 2.45) is 0 Å². The molecular weight excluding hydrogens is 319 g/mol. The monoisotopic (exact) mass is 336 g/mol. The molecule has 0 saturated carbocycles. The first-order valence-electron chi connectivity index (χ1n) is 6.78. The summed E-state index contributed by atoms with van der Waals surface area (Å²) in [6.45, 7) is 3.03. The Hall–Kier alpha value is -1.26. The number of hydrogen-bond donors (Lipinski definition) is 1. The number of aromatic nitrogens is 1. The zero-order chi connectivity index (χ0) is 14.4.